The number of hydrogen-bond donors (Lipinski definition) is 1. The van der Waals surface area contributed by atoms with Crippen molar-refractivity contribution in [3.8, 4) is 5.75 Å². The summed E-state index contributed by atoms with van der Waals surface area (Å²) in [6.45, 7) is 3.52. The van der Waals surface area contributed by atoms with Crippen molar-refractivity contribution in [3.63, 3.8) is 0 Å². The molecule has 150 valence electrons. The molecule has 0 spiro atoms. The summed E-state index contributed by atoms with van der Waals surface area (Å²) in [5.74, 6) is 0.191. The van der Waals surface area contributed by atoms with E-state index in [1.807, 2.05) is 6.07 Å². The van der Waals surface area contributed by atoms with Crippen molar-refractivity contribution in [2.75, 3.05) is 14.2 Å². The quantitative estimate of drug-likeness (QED) is 0.773. The molecular formula is C21H25NO5S. The lowest BCUT2D eigenvalue weighted by atomic mass is 9.87. The fraction of sp³-hybridized carbons (Fsp3) is 0.381. The van der Waals surface area contributed by atoms with Crippen molar-refractivity contribution in [2.45, 2.75) is 44.0 Å². The molecule has 0 aliphatic heterocycles. The molecule has 0 amide bonds. The highest BCUT2D eigenvalue weighted by atomic mass is 32.2. The Morgan fingerprint density at radius 3 is 2.39 bits per heavy atom. The van der Waals surface area contributed by atoms with E-state index in [0.29, 0.717) is 28.9 Å². The maximum atomic E-state index is 13.2. The summed E-state index contributed by atoms with van der Waals surface area (Å²) in [6, 6.07) is 8.38. The fourth-order valence-electron chi connectivity index (χ4n) is 3.86. The third kappa shape index (κ3) is 3.91. The standard InChI is InChI=1S/C21H25NO5S/c1-13-10-17(26-3)11-14(2)20(13)28(24,25)22-19-7-5-6-15-8-9-16(12-18(15)19)21(23)27-4/h8-12,19,22H,5-7H2,1-4H3/t19-/m1/s1. The van der Waals surface area contributed by atoms with E-state index < -0.39 is 16.0 Å². The minimum atomic E-state index is -3.75. The first-order valence-corrected chi connectivity index (χ1v) is 10.6. The van der Waals surface area contributed by atoms with Crippen LogP contribution in [0.25, 0.3) is 0 Å². The molecule has 0 saturated carbocycles. The summed E-state index contributed by atoms with van der Waals surface area (Å²) in [6.07, 6.45) is 2.40. The van der Waals surface area contributed by atoms with Crippen molar-refractivity contribution in [2.24, 2.45) is 0 Å². The Labute approximate surface area is 165 Å². The van der Waals surface area contributed by atoms with Crippen molar-refractivity contribution >= 4 is 16.0 Å². The van der Waals surface area contributed by atoms with Crippen molar-refractivity contribution in [1.82, 2.24) is 4.72 Å². The second kappa shape index (κ2) is 7.93. The maximum Gasteiger partial charge on any atom is 0.337 e. The summed E-state index contributed by atoms with van der Waals surface area (Å²) in [4.78, 5) is 12.2. The van der Waals surface area contributed by atoms with E-state index >= 15 is 0 Å². The average Bonchev–Trinajstić information content (AvgIpc) is 2.66. The minimum absolute atomic E-state index is 0.268. The van der Waals surface area contributed by atoms with Crippen LogP contribution in [-0.4, -0.2) is 28.6 Å². The Hall–Kier alpha value is -2.38. The number of hydrogen-bond acceptors (Lipinski definition) is 5. The van der Waals surface area contributed by atoms with Gasteiger partial charge in [0.2, 0.25) is 10.0 Å². The number of benzene rings is 2. The van der Waals surface area contributed by atoms with E-state index in [2.05, 4.69) is 4.72 Å². The molecule has 1 aliphatic rings. The normalized spacial score (nSPS) is 16.4. The zero-order valence-electron chi connectivity index (χ0n) is 16.5. The van der Waals surface area contributed by atoms with Crippen molar-refractivity contribution < 1.29 is 22.7 Å². The number of sulfonamides is 1. The lowest BCUT2D eigenvalue weighted by Gasteiger charge is -2.27. The molecule has 6 nitrogen and oxygen atoms in total. The SMILES string of the molecule is COC(=O)c1ccc2c(c1)[C@H](NS(=O)(=O)c1c(C)cc(OC)cc1C)CCC2. The van der Waals surface area contributed by atoms with Gasteiger partial charge in [-0.1, -0.05) is 6.07 Å². The molecule has 0 fully saturated rings. The molecule has 0 bridgehead atoms. The lowest BCUT2D eigenvalue weighted by Crippen LogP contribution is -2.32. The lowest BCUT2D eigenvalue weighted by molar-refractivity contribution is 0.0600. The summed E-state index contributed by atoms with van der Waals surface area (Å²) in [5.41, 5.74) is 3.56. The molecule has 1 N–H and O–H groups in total. The highest BCUT2D eigenvalue weighted by Crippen LogP contribution is 2.33. The smallest absolute Gasteiger partial charge is 0.337 e. The molecule has 0 unspecified atom stereocenters. The number of ether oxygens (including phenoxy) is 2. The predicted octanol–water partition coefficient (Wildman–Crippen LogP) is 3.45. The molecule has 2 aromatic rings. The van der Waals surface area contributed by atoms with E-state index in [0.717, 1.165) is 24.0 Å². The first-order valence-electron chi connectivity index (χ1n) is 9.15. The van der Waals surface area contributed by atoms with Crippen LogP contribution in [0.5, 0.6) is 5.75 Å². The molecule has 2 aromatic carbocycles. The summed E-state index contributed by atoms with van der Waals surface area (Å²) in [5, 5.41) is 0. The first kappa shape index (κ1) is 20.4. The van der Waals surface area contributed by atoms with Crippen LogP contribution in [0.3, 0.4) is 0 Å². The number of rotatable bonds is 5. The van der Waals surface area contributed by atoms with Gasteiger partial charge in [0.05, 0.1) is 24.7 Å². The molecule has 0 radical (unpaired) electrons. The highest BCUT2D eigenvalue weighted by Gasteiger charge is 2.28. The Morgan fingerprint density at radius 1 is 1.11 bits per heavy atom. The van der Waals surface area contributed by atoms with Crippen LogP contribution in [-0.2, 0) is 21.2 Å². The number of methoxy groups -OCH3 is 2. The molecule has 1 atom stereocenters. The molecule has 0 heterocycles. The maximum absolute atomic E-state index is 13.2. The number of carbonyl (C=O) groups excluding carboxylic acids is 1. The van der Waals surface area contributed by atoms with E-state index in [1.165, 1.54) is 7.11 Å². The Kier molecular flexibility index (Phi) is 5.76. The van der Waals surface area contributed by atoms with E-state index in [1.54, 1.807) is 45.2 Å². The summed E-state index contributed by atoms with van der Waals surface area (Å²) < 4.78 is 39.2. The van der Waals surface area contributed by atoms with Gasteiger partial charge in [0.1, 0.15) is 5.75 Å². The molecule has 0 aromatic heterocycles. The van der Waals surface area contributed by atoms with Crippen LogP contribution in [0.2, 0.25) is 0 Å². The number of aryl methyl sites for hydroxylation is 3. The molecule has 0 saturated heterocycles. The van der Waals surface area contributed by atoms with Gasteiger partial charge in [-0.15, -0.1) is 0 Å². The Balaban J connectivity index is 1.98. The average molecular weight is 404 g/mol. The Morgan fingerprint density at radius 2 is 1.79 bits per heavy atom. The van der Waals surface area contributed by atoms with E-state index in [9.17, 15) is 13.2 Å². The van der Waals surface area contributed by atoms with Crippen LogP contribution in [0.1, 0.15) is 51.5 Å². The number of fused-ring (bicyclic) bond motifs is 1. The van der Waals surface area contributed by atoms with Crippen molar-refractivity contribution in [1.29, 1.82) is 0 Å². The van der Waals surface area contributed by atoms with E-state index in [4.69, 9.17) is 9.47 Å². The molecule has 3 rings (SSSR count). The third-order valence-corrected chi connectivity index (χ3v) is 6.89. The van der Waals surface area contributed by atoms with Gasteiger partial charge in [-0.2, -0.15) is 0 Å². The second-order valence-corrected chi connectivity index (χ2v) is 8.71. The number of nitrogens with one attached hydrogen (secondary N) is 1. The van der Waals surface area contributed by atoms with Gasteiger partial charge in [0, 0.05) is 6.04 Å². The fourth-order valence-corrected chi connectivity index (χ4v) is 5.57. The van der Waals surface area contributed by atoms with Gasteiger partial charge in [0.15, 0.2) is 0 Å². The van der Waals surface area contributed by atoms with Gasteiger partial charge in [-0.25, -0.2) is 17.9 Å². The summed E-state index contributed by atoms with van der Waals surface area (Å²) in [7, 11) is -0.865. The van der Waals surface area contributed by atoms with Crippen LogP contribution in [0, 0.1) is 13.8 Å². The van der Waals surface area contributed by atoms with Gasteiger partial charge in [-0.05, 0) is 79.6 Å². The Bertz CT molecular complexity index is 990. The van der Waals surface area contributed by atoms with Crippen LogP contribution in [0.4, 0.5) is 0 Å². The monoisotopic (exact) mass is 403 g/mol. The van der Waals surface area contributed by atoms with Crippen LogP contribution < -0.4 is 9.46 Å². The topological polar surface area (TPSA) is 81.7 Å². The van der Waals surface area contributed by atoms with Crippen LogP contribution in [0.15, 0.2) is 35.2 Å². The van der Waals surface area contributed by atoms with Crippen molar-refractivity contribution in [3.05, 3.63) is 58.1 Å². The van der Waals surface area contributed by atoms with E-state index in [-0.39, 0.29) is 10.9 Å². The van der Waals surface area contributed by atoms with Crippen LogP contribution >= 0.6 is 0 Å². The minimum Gasteiger partial charge on any atom is -0.497 e. The molecular weight excluding hydrogens is 378 g/mol. The van der Waals surface area contributed by atoms with Gasteiger partial charge < -0.3 is 9.47 Å². The molecule has 1 aliphatic carbocycles. The molecule has 28 heavy (non-hydrogen) atoms. The zero-order chi connectivity index (χ0) is 20.5. The number of esters is 1. The van der Waals surface area contributed by atoms with Gasteiger partial charge in [-0.3, -0.25) is 0 Å². The van der Waals surface area contributed by atoms with Gasteiger partial charge in [0.25, 0.3) is 0 Å². The highest BCUT2D eigenvalue weighted by molar-refractivity contribution is 7.89. The zero-order valence-corrected chi connectivity index (χ0v) is 17.4. The predicted molar refractivity (Wildman–Crippen MR) is 106 cm³/mol. The number of carbonyl (C=O) groups is 1. The third-order valence-electron chi connectivity index (χ3n) is 5.12. The summed E-state index contributed by atoms with van der Waals surface area (Å²) >= 11 is 0. The van der Waals surface area contributed by atoms with Gasteiger partial charge >= 0.3 is 5.97 Å². The first-order chi connectivity index (χ1) is 13.3. The largest absolute Gasteiger partial charge is 0.497 e. The second-order valence-electron chi connectivity index (χ2n) is 7.06. The molecule has 7 heteroatoms.